The lowest BCUT2D eigenvalue weighted by Crippen LogP contribution is -1.88. The van der Waals surface area contributed by atoms with Gasteiger partial charge in [0.2, 0.25) is 0 Å². The fourth-order valence-electron chi connectivity index (χ4n) is 2.29. The zero-order valence-corrected chi connectivity index (χ0v) is 10.6. The van der Waals surface area contributed by atoms with Gasteiger partial charge in [-0.1, -0.05) is 6.07 Å². The van der Waals surface area contributed by atoms with Crippen LogP contribution in [-0.4, -0.2) is 24.6 Å². The van der Waals surface area contributed by atoms with Gasteiger partial charge in [0, 0.05) is 35.9 Å². The molecular formula is C15H11N5. The minimum absolute atomic E-state index is 0.880. The van der Waals surface area contributed by atoms with E-state index in [9.17, 15) is 0 Å². The van der Waals surface area contributed by atoms with E-state index in [1.165, 1.54) is 0 Å². The minimum Gasteiger partial charge on any atom is -0.306 e. The third-order valence-corrected chi connectivity index (χ3v) is 3.26. The monoisotopic (exact) mass is 261 g/mol. The highest BCUT2D eigenvalue weighted by Gasteiger charge is 2.11. The van der Waals surface area contributed by atoms with Crippen LogP contribution in [0, 0.1) is 0 Å². The Hall–Kier alpha value is -2.95. The van der Waals surface area contributed by atoms with E-state index in [2.05, 4.69) is 20.2 Å². The van der Waals surface area contributed by atoms with Gasteiger partial charge in [0.1, 0.15) is 5.65 Å². The highest BCUT2D eigenvalue weighted by molar-refractivity contribution is 5.78. The molecule has 20 heavy (non-hydrogen) atoms. The summed E-state index contributed by atoms with van der Waals surface area (Å²) in [5.74, 6) is 0. The minimum atomic E-state index is 0.880. The van der Waals surface area contributed by atoms with Crippen molar-refractivity contribution in [2.75, 3.05) is 0 Å². The van der Waals surface area contributed by atoms with Gasteiger partial charge in [-0.2, -0.15) is 5.10 Å². The van der Waals surface area contributed by atoms with Gasteiger partial charge in [-0.3, -0.25) is 10.1 Å². The molecule has 0 fully saturated rings. The van der Waals surface area contributed by atoms with Crippen LogP contribution in [0.15, 0.2) is 61.3 Å². The van der Waals surface area contributed by atoms with E-state index in [0.717, 1.165) is 28.2 Å². The van der Waals surface area contributed by atoms with Crippen LogP contribution in [0.1, 0.15) is 0 Å². The van der Waals surface area contributed by atoms with Crippen LogP contribution in [0.25, 0.3) is 28.2 Å². The van der Waals surface area contributed by atoms with Crippen LogP contribution in [0.3, 0.4) is 0 Å². The first-order chi connectivity index (χ1) is 9.92. The summed E-state index contributed by atoms with van der Waals surface area (Å²) in [7, 11) is 0. The lowest BCUT2D eigenvalue weighted by molar-refractivity contribution is 1.09. The normalized spacial score (nSPS) is 11.0. The number of nitrogens with one attached hydrogen (secondary N) is 1. The van der Waals surface area contributed by atoms with Crippen LogP contribution in [0.2, 0.25) is 0 Å². The quantitative estimate of drug-likeness (QED) is 0.603. The zero-order chi connectivity index (χ0) is 13.4. The molecule has 0 radical (unpaired) electrons. The second kappa shape index (κ2) is 4.31. The van der Waals surface area contributed by atoms with Gasteiger partial charge in [-0.15, -0.1) is 0 Å². The number of imidazole rings is 1. The Morgan fingerprint density at radius 3 is 2.90 bits per heavy atom. The van der Waals surface area contributed by atoms with E-state index < -0.39 is 0 Å². The number of fused-ring (bicyclic) bond motifs is 1. The summed E-state index contributed by atoms with van der Waals surface area (Å²) in [6, 6.07) is 9.86. The summed E-state index contributed by atoms with van der Waals surface area (Å²) in [6.45, 7) is 0. The van der Waals surface area contributed by atoms with Gasteiger partial charge < -0.3 is 4.40 Å². The Morgan fingerprint density at radius 2 is 2.00 bits per heavy atom. The van der Waals surface area contributed by atoms with Gasteiger partial charge in [-0.05, 0) is 24.3 Å². The predicted octanol–water partition coefficient (Wildman–Crippen LogP) is 2.79. The molecule has 0 aromatic carbocycles. The molecule has 0 aliphatic rings. The summed E-state index contributed by atoms with van der Waals surface area (Å²) >= 11 is 0. The molecule has 0 spiro atoms. The van der Waals surface area contributed by atoms with Crippen LogP contribution in [0.4, 0.5) is 0 Å². The molecule has 0 aliphatic heterocycles. The number of nitrogens with zero attached hydrogens (tertiary/aromatic N) is 4. The molecule has 0 saturated carbocycles. The van der Waals surface area contributed by atoms with Gasteiger partial charge in [-0.25, -0.2) is 4.98 Å². The molecule has 4 aromatic heterocycles. The Labute approximate surface area is 115 Å². The van der Waals surface area contributed by atoms with E-state index in [1.54, 1.807) is 12.4 Å². The van der Waals surface area contributed by atoms with Crippen molar-refractivity contribution in [1.29, 1.82) is 0 Å². The molecule has 4 heterocycles. The van der Waals surface area contributed by atoms with E-state index >= 15 is 0 Å². The molecular weight excluding hydrogens is 250 g/mol. The van der Waals surface area contributed by atoms with Crippen molar-refractivity contribution >= 4 is 5.65 Å². The largest absolute Gasteiger partial charge is 0.306 e. The SMILES string of the molecule is c1ccc(-c2[nH]ncc2-c2ccc3nccn3c2)nc1. The molecule has 0 unspecified atom stereocenters. The number of pyridine rings is 2. The second-order valence-electron chi connectivity index (χ2n) is 4.48. The Kier molecular flexibility index (Phi) is 2.35. The van der Waals surface area contributed by atoms with Crippen LogP contribution >= 0.6 is 0 Å². The second-order valence-corrected chi connectivity index (χ2v) is 4.48. The first-order valence-electron chi connectivity index (χ1n) is 6.30. The number of hydrogen-bond donors (Lipinski definition) is 1. The molecule has 96 valence electrons. The number of aromatic amines is 1. The number of aromatic nitrogens is 5. The van der Waals surface area contributed by atoms with Crippen LogP contribution < -0.4 is 0 Å². The average Bonchev–Trinajstić information content (AvgIpc) is 3.16. The average molecular weight is 261 g/mol. The Morgan fingerprint density at radius 1 is 1.00 bits per heavy atom. The lowest BCUT2D eigenvalue weighted by Gasteiger charge is -2.03. The van der Waals surface area contributed by atoms with Gasteiger partial charge in [0.15, 0.2) is 0 Å². The summed E-state index contributed by atoms with van der Waals surface area (Å²) in [4.78, 5) is 8.62. The van der Waals surface area contributed by atoms with Gasteiger partial charge in [0.05, 0.1) is 17.6 Å². The van der Waals surface area contributed by atoms with Crippen molar-refractivity contribution in [2.24, 2.45) is 0 Å². The zero-order valence-electron chi connectivity index (χ0n) is 10.6. The van der Waals surface area contributed by atoms with Gasteiger partial charge >= 0.3 is 0 Å². The van der Waals surface area contributed by atoms with Crippen molar-refractivity contribution < 1.29 is 0 Å². The summed E-state index contributed by atoms with van der Waals surface area (Å²) in [5, 5.41) is 7.18. The fourth-order valence-corrected chi connectivity index (χ4v) is 2.29. The van der Waals surface area contributed by atoms with E-state index in [-0.39, 0.29) is 0 Å². The van der Waals surface area contributed by atoms with Crippen LogP contribution in [-0.2, 0) is 0 Å². The highest BCUT2D eigenvalue weighted by atomic mass is 15.1. The molecule has 4 aromatic rings. The van der Waals surface area contributed by atoms with E-state index in [4.69, 9.17) is 0 Å². The third-order valence-electron chi connectivity index (χ3n) is 3.26. The maximum absolute atomic E-state index is 4.37. The lowest BCUT2D eigenvalue weighted by atomic mass is 10.1. The molecule has 0 amide bonds. The maximum atomic E-state index is 4.37. The first-order valence-corrected chi connectivity index (χ1v) is 6.30. The Balaban J connectivity index is 1.88. The van der Waals surface area contributed by atoms with Crippen molar-refractivity contribution in [1.82, 2.24) is 24.6 Å². The predicted molar refractivity (Wildman–Crippen MR) is 76.0 cm³/mol. The fraction of sp³-hybridized carbons (Fsp3) is 0. The summed E-state index contributed by atoms with van der Waals surface area (Å²) in [5.41, 5.74) is 4.83. The summed E-state index contributed by atoms with van der Waals surface area (Å²) < 4.78 is 1.99. The van der Waals surface area contributed by atoms with E-state index in [0.29, 0.717) is 0 Å². The highest BCUT2D eigenvalue weighted by Crippen LogP contribution is 2.28. The summed E-state index contributed by atoms with van der Waals surface area (Å²) in [6.07, 6.45) is 9.36. The first kappa shape index (κ1) is 10.9. The van der Waals surface area contributed by atoms with Crippen LogP contribution in [0.5, 0.6) is 0 Å². The Bertz CT molecular complexity index is 860. The molecule has 5 nitrogen and oxygen atoms in total. The number of rotatable bonds is 2. The topological polar surface area (TPSA) is 58.9 Å². The maximum Gasteiger partial charge on any atom is 0.136 e. The molecule has 0 aliphatic carbocycles. The number of H-pyrrole nitrogens is 1. The molecule has 0 bridgehead atoms. The molecule has 0 atom stereocenters. The number of hydrogen-bond acceptors (Lipinski definition) is 3. The van der Waals surface area contributed by atoms with Crippen molar-refractivity contribution in [2.45, 2.75) is 0 Å². The molecule has 5 heteroatoms. The van der Waals surface area contributed by atoms with Crippen molar-refractivity contribution in [3.8, 4) is 22.5 Å². The van der Waals surface area contributed by atoms with Crippen molar-refractivity contribution in [3.63, 3.8) is 0 Å². The van der Waals surface area contributed by atoms with E-state index in [1.807, 2.05) is 53.3 Å². The smallest absolute Gasteiger partial charge is 0.136 e. The molecule has 1 N–H and O–H groups in total. The third kappa shape index (κ3) is 1.68. The van der Waals surface area contributed by atoms with Gasteiger partial charge in [0.25, 0.3) is 0 Å². The van der Waals surface area contributed by atoms with Crippen molar-refractivity contribution in [3.05, 3.63) is 61.3 Å². The molecule has 0 saturated heterocycles. The standard InChI is InChI=1S/C15H11N5/c1-2-6-16-13(3-1)15-12(9-18-19-15)11-4-5-14-17-7-8-20(14)10-11/h1-10H,(H,18,19). The molecule has 4 rings (SSSR count).